The van der Waals surface area contributed by atoms with E-state index >= 15 is 0 Å². The lowest BCUT2D eigenvalue weighted by Crippen LogP contribution is -2.01. The zero-order valence-corrected chi connectivity index (χ0v) is 8.27. The molecule has 2 bridgehead atoms. The van der Waals surface area contributed by atoms with Crippen molar-refractivity contribution in [2.24, 2.45) is 9.98 Å². The van der Waals surface area contributed by atoms with E-state index in [1.54, 1.807) is 12.4 Å². The van der Waals surface area contributed by atoms with Crippen molar-refractivity contribution in [3.8, 4) is 0 Å². The Bertz CT molecular complexity index is 259. The molecule has 1 atom stereocenters. The lowest BCUT2D eigenvalue weighted by atomic mass is 10.1. The summed E-state index contributed by atoms with van der Waals surface area (Å²) in [5.74, 6) is 0. The van der Waals surface area contributed by atoms with Crippen LogP contribution in [0.3, 0.4) is 0 Å². The van der Waals surface area contributed by atoms with Gasteiger partial charge in [-0.15, -0.1) is 0 Å². The number of aliphatic imine (C=N–C) groups is 2. The van der Waals surface area contributed by atoms with Gasteiger partial charge in [-0.3, -0.25) is 9.98 Å². The second-order valence-corrected chi connectivity index (χ2v) is 2.76. The third-order valence-corrected chi connectivity index (χ3v) is 1.88. The van der Waals surface area contributed by atoms with Crippen molar-refractivity contribution >= 4 is 12.4 Å². The lowest BCUT2D eigenvalue weighted by molar-refractivity contribution is 0.685. The first-order valence-corrected chi connectivity index (χ1v) is 4.87. The van der Waals surface area contributed by atoms with Crippen molar-refractivity contribution in [2.75, 3.05) is 0 Å². The molecule has 0 saturated heterocycles. The second-order valence-electron chi connectivity index (χ2n) is 2.76. The molecule has 0 aromatic carbocycles. The molecule has 0 amide bonds. The van der Waals surface area contributed by atoms with Gasteiger partial charge in [0.25, 0.3) is 0 Å². The van der Waals surface area contributed by atoms with E-state index < -0.39 is 0 Å². The monoisotopic (exact) mass is 176 g/mol. The summed E-state index contributed by atoms with van der Waals surface area (Å²) in [7, 11) is 0. The van der Waals surface area contributed by atoms with Gasteiger partial charge < -0.3 is 0 Å². The largest absolute Gasteiger partial charge is 0.288 e. The Labute approximate surface area is 79.8 Å². The van der Waals surface area contributed by atoms with Crippen molar-refractivity contribution in [3.05, 3.63) is 23.9 Å². The lowest BCUT2D eigenvalue weighted by Gasteiger charge is -2.04. The normalized spacial score (nSPS) is 23.8. The van der Waals surface area contributed by atoms with Crippen molar-refractivity contribution < 1.29 is 0 Å². The third kappa shape index (κ3) is 2.98. The topological polar surface area (TPSA) is 24.7 Å². The summed E-state index contributed by atoms with van der Waals surface area (Å²) in [6.07, 6.45) is 11.9. The molecule has 0 fully saturated rings. The van der Waals surface area contributed by atoms with Crippen LogP contribution in [-0.2, 0) is 0 Å². The maximum atomic E-state index is 4.34. The van der Waals surface area contributed by atoms with Gasteiger partial charge in [-0.05, 0) is 12.5 Å². The minimum absolute atomic E-state index is 0.419. The smallest absolute Gasteiger partial charge is 0.0590 e. The van der Waals surface area contributed by atoms with Crippen molar-refractivity contribution in [1.29, 1.82) is 0 Å². The molecule has 1 heterocycles. The molecule has 2 nitrogen and oxygen atoms in total. The first kappa shape index (κ1) is 9.90. The predicted octanol–water partition coefficient (Wildman–Crippen LogP) is 2.77. The van der Waals surface area contributed by atoms with Crippen LogP contribution in [0.1, 0.15) is 26.7 Å². The molecule has 0 N–H and O–H groups in total. The van der Waals surface area contributed by atoms with Crippen LogP contribution in [0.15, 0.2) is 33.9 Å². The highest BCUT2D eigenvalue weighted by Crippen LogP contribution is 2.17. The van der Waals surface area contributed by atoms with Gasteiger partial charge in [-0.2, -0.15) is 0 Å². The van der Waals surface area contributed by atoms with Crippen molar-refractivity contribution in [2.45, 2.75) is 32.7 Å². The van der Waals surface area contributed by atoms with Crippen LogP contribution in [0, 0.1) is 0 Å². The molecule has 0 spiro atoms. The zero-order chi connectivity index (χ0) is 9.52. The summed E-state index contributed by atoms with van der Waals surface area (Å²) >= 11 is 0. The number of hydrogen-bond acceptors (Lipinski definition) is 2. The van der Waals surface area contributed by atoms with E-state index in [0.29, 0.717) is 6.04 Å². The highest BCUT2D eigenvalue weighted by atomic mass is 14.8. The van der Waals surface area contributed by atoms with Crippen LogP contribution in [-0.4, -0.2) is 18.5 Å². The summed E-state index contributed by atoms with van der Waals surface area (Å²) in [4.78, 5) is 8.58. The Morgan fingerprint density at radius 2 is 2.15 bits per heavy atom. The Morgan fingerprint density at radius 3 is 3.00 bits per heavy atom. The highest BCUT2D eigenvalue weighted by Gasteiger charge is 2.10. The highest BCUT2D eigenvalue weighted by molar-refractivity contribution is 6.16. The van der Waals surface area contributed by atoms with Gasteiger partial charge in [-0.1, -0.05) is 26.0 Å². The average Bonchev–Trinajstić information content (AvgIpc) is 2.55. The van der Waals surface area contributed by atoms with Gasteiger partial charge in [-0.25, -0.2) is 0 Å². The molecule has 2 aliphatic rings. The van der Waals surface area contributed by atoms with Crippen molar-refractivity contribution in [3.63, 3.8) is 0 Å². The van der Waals surface area contributed by atoms with Gasteiger partial charge in [0.2, 0.25) is 0 Å². The Morgan fingerprint density at radius 1 is 1.31 bits per heavy atom. The number of rotatable bonds is 0. The molecular weight excluding hydrogens is 160 g/mol. The average molecular weight is 176 g/mol. The fourth-order valence-electron chi connectivity index (χ4n) is 1.31. The maximum absolute atomic E-state index is 4.34. The molecule has 0 aromatic heterocycles. The van der Waals surface area contributed by atoms with Gasteiger partial charge in [0.15, 0.2) is 0 Å². The standard InChI is InChI=1S/C9H10N2.C2H6/c1-2-4-9-7-8(3-1)10-5-6-11-9;1-2/h1-3,5-6,9H,4,7H2;1-2H3. The van der Waals surface area contributed by atoms with Gasteiger partial charge in [0, 0.05) is 24.5 Å². The minimum Gasteiger partial charge on any atom is -0.288 e. The molecule has 2 rings (SSSR count). The van der Waals surface area contributed by atoms with Crippen LogP contribution in [0.5, 0.6) is 0 Å². The Kier molecular flexibility index (Phi) is 4.16. The number of hydrogen-bond donors (Lipinski definition) is 0. The van der Waals surface area contributed by atoms with Gasteiger partial charge >= 0.3 is 0 Å². The van der Waals surface area contributed by atoms with Gasteiger partial charge in [0.05, 0.1) is 6.04 Å². The molecule has 0 aromatic rings. The molecular formula is C11H16N2. The van der Waals surface area contributed by atoms with Crippen LogP contribution in [0.2, 0.25) is 0 Å². The quantitative estimate of drug-likeness (QED) is 0.542. The van der Waals surface area contributed by atoms with E-state index in [-0.39, 0.29) is 0 Å². The van der Waals surface area contributed by atoms with E-state index in [0.717, 1.165) is 18.5 Å². The zero-order valence-electron chi connectivity index (χ0n) is 8.27. The fraction of sp³-hybridized carbons (Fsp3) is 0.455. The maximum Gasteiger partial charge on any atom is 0.0590 e. The van der Waals surface area contributed by atoms with Crippen molar-refractivity contribution in [1.82, 2.24) is 0 Å². The third-order valence-electron chi connectivity index (χ3n) is 1.88. The SMILES string of the molecule is C1=CCC2CC(=C1)N=CC=N2.CC. The summed E-state index contributed by atoms with van der Waals surface area (Å²) in [6, 6.07) is 0.419. The number of allylic oxidation sites excluding steroid dienone is 2. The van der Waals surface area contributed by atoms with E-state index in [4.69, 9.17) is 0 Å². The first-order chi connectivity index (χ1) is 6.45. The Hall–Kier alpha value is -1.18. The molecule has 1 aliphatic carbocycles. The van der Waals surface area contributed by atoms with E-state index in [1.165, 1.54) is 0 Å². The van der Waals surface area contributed by atoms with Crippen LogP contribution in [0.4, 0.5) is 0 Å². The van der Waals surface area contributed by atoms with Crippen LogP contribution >= 0.6 is 0 Å². The number of nitrogens with zero attached hydrogens (tertiary/aromatic N) is 2. The van der Waals surface area contributed by atoms with Crippen LogP contribution in [0.25, 0.3) is 0 Å². The summed E-state index contributed by atoms with van der Waals surface area (Å²) < 4.78 is 0. The summed E-state index contributed by atoms with van der Waals surface area (Å²) in [5.41, 5.74) is 1.14. The summed E-state index contributed by atoms with van der Waals surface area (Å²) in [6.45, 7) is 4.00. The molecule has 13 heavy (non-hydrogen) atoms. The Balaban J connectivity index is 0.000000396. The predicted molar refractivity (Wildman–Crippen MR) is 58.6 cm³/mol. The molecule has 0 radical (unpaired) electrons. The van der Waals surface area contributed by atoms with E-state index in [9.17, 15) is 0 Å². The van der Waals surface area contributed by atoms with Gasteiger partial charge in [0.1, 0.15) is 0 Å². The molecule has 0 saturated carbocycles. The van der Waals surface area contributed by atoms with E-state index in [2.05, 4.69) is 28.2 Å². The van der Waals surface area contributed by atoms with Crippen LogP contribution < -0.4 is 0 Å². The molecule has 1 aliphatic heterocycles. The number of fused-ring (bicyclic) bond motifs is 2. The molecule has 1 unspecified atom stereocenters. The second kappa shape index (κ2) is 5.46. The first-order valence-electron chi connectivity index (χ1n) is 4.87. The molecule has 2 heteroatoms. The van der Waals surface area contributed by atoms with E-state index in [1.807, 2.05) is 13.8 Å². The minimum atomic E-state index is 0.419. The molecule has 70 valence electrons. The fourth-order valence-corrected chi connectivity index (χ4v) is 1.31. The summed E-state index contributed by atoms with van der Waals surface area (Å²) in [5, 5.41) is 0.